The molecular formula is C15H24N2O4S. The molecule has 1 amide bonds. The van der Waals surface area contributed by atoms with Crippen LogP contribution < -0.4 is 10.0 Å². The number of amides is 1. The number of rotatable bonds is 8. The second kappa shape index (κ2) is 8.26. The first-order chi connectivity index (χ1) is 10.3. The third-order valence-corrected chi connectivity index (χ3v) is 4.91. The van der Waals surface area contributed by atoms with Crippen LogP contribution in [0.4, 0.5) is 0 Å². The summed E-state index contributed by atoms with van der Waals surface area (Å²) in [5.74, 6) is -0.310. The maximum Gasteiger partial charge on any atom is 0.251 e. The van der Waals surface area contributed by atoms with Gasteiger partial charge in [0, 0.05) is 25.3 Å². The molecule has 0 unspecified atom stereocenters. The normalized spacial score (nSPS) is 12.9. The molecule has 22 heavy (non-hydrogen) atoms. The van der Waals surface area contributed by atoms with Crippen molar-refractivity contribution in [1.29, 1.82) is 0 Å². The fraction of sp³-hybridized carbons (Fsp3) is 0.533. The van der Waals surface area contributed by atoms with E-state index in [2.05, 4.69) is 10.0 Å². The van der Waals surface area contributed by atoms with E-state index in [1.54, 1.807) is 27.0 Å². The summed E-state index contributed by atoms with van der Waals surface area (Å²) < 4.78 is 32.0. The molecule has 0 aliphatic heterocycles. The van der Waals surface area contributed by atoms with E-state index >= 15 is 0 Å². The lowest BCUT2D eigenvalue weighted by Crippen LogP contribution is -2.32. The van der Waals surface area contributed by atoms with Gasteiger partial charge in [-0.1, -0.05) is 13.0 Å². The van der Waals surface area contributed by atoms with Gasteiger partial charge in [-0.3, -0.25) is 4.79 Å². The van der Waals surface area contributed by atoms with Crippen molar-refractivity contribution in [1.82, 2.24) is 10.0 Å². The van der Waals surface area contributed by atoms with Gasteiger partial charge in [0.25, 0.3) is 5.91 Å². The van der Waals surface area contributed by atoms with Crippen LogP contribution in [-0.2, 0) is 14.8 Å². The van der Waals surface area contributed by atoms with E-state index in [0.29, 0.717) is 25.1 Å². The van der Waals surface area contributed by atoms with Gasteiger partial charge in [-0.25, -0.2) is 13.1 Å². The van der Waals surface area contributed by atoms with Gasteiger partial charge in [0.2, 0.25) is 10.0 Å². The van der Waals surface area contributed by atoms with Crippen molar-refractivity contribution in [3.63, 3.8) is 0 Å². The van der Waals surface area contributed by atoms with Gasteiger partial charge in [-0.15, -0.1) is 0 Å². The quantitative estimate of drug-likeness (QED) is 0.707. The summed E-state index contributed by atoms with van der Waals surface area (Å²) in [7, 11) is -2.08. The molecule has 6 nitrogen and oxygen atoms in total. The largest absolute Gasteiger partial charge is 0.383 e. The summed E-state index contributed by atoms with van der Waals surface area (Å²) in [6, 6.07) is 4.38. The third-order valence-electron chi connectivity index (χ3n) is 3.32. The summed E-state index contributed by atoms with van der Waals surface area (Å²) in [6.45, 7) is 6.24. The number of sulfonamides is 1. The van der Waals surface area contributed by atoms with Crippen LogP contribution in [0, 0.1) is 6.92 Å². The van der Waals surface area contributed by atoms with Crippen molar-refractivity contribution in [2.75, 3.05) is 20.3 Å². The highest BCUT2D eigenvalue weighted by molar-refractivity contribution is 7.89. The van der Waals surface area contributed by atoms with Crippen molar-refractivity contribution in [2.45, 2.75) is 38.1 Å². The van der Waals surface area contributed by atoms with Gasteiger partial charge in [0.05, 0.1) is 11.5 Å². The first-order valence-electron chi connectivity index (χ1n) is 7.22. The number of carbonyl (C=O) groups excluding carboxylic acids is 1. The van der Waals surface area contributed by atoms with Crippen LogP contribution in [-0.4, -0.2) is 40.6 Å². The van der Waals surface area contributed by atoms with E-state index in [1.807, 2.05) is 6.92 Å². The molecule has 124 valence electrons. The average molecular weight is 328 g/mol. The summed E-state index contributed by atoms with van der Waals surface area (Å²) in [5, 5.41) is 2.69. The van der Waals surface area contributed by atoms with Crippen LogP contribution in [0.5, 0.6) is 0 Å². The van der Waals surface area contributed by atoms with E-state index in [1.165, 1.54) is 12.1 Å². The zero-order valence-electron chi connectivity index (χ0n) is 13.5. The van der Waals surface area contributed by atoms with Crippen LogP contribution in [0.2, 0.25) is 0 Å². The van der Waals surface area contributed by atoms with Gasteiger partial charge in [-0.2, -0.15) is 0 Å². The molecule has 0 aliphatic carbocycles. The van der Waals surface area contributed by atoms with Crippen molar-refractivity contribution < 1.29 is 17.9 Å². The number of methoxy groups -OCH3 is 1. The fourth-order valence-electron chi connectivity index (χ4n) is 1.79. The summed E-state index contributed by atoms with van der Waals surface area (Å²) >= 11 is 0. The van der Waals surface area contributed by atoms with Crippen LogP contribution in [0.25, 0.3) is 0 Å². The molecule has 7 heteroatoms. The molecular weight excluding hydrogens is 304 g/mol. The van der Waals surface area contributed by atoms with Crippen LogP contribution in [0.1, 0.15) is 36.2 Å². The Balaban J connectivity index is 3.01. The Hall–Kier alpha value is -1.44. The lowest BCUT2D eigenvalue weighted by molar-refractivity contribution is 0.0936. The molecule has 1 aromatic carbocycles. The van der Waals surface area contributed by atoms with Crippen molar-refractivity contribution >= 4 is 15.9 Å². The Morgan fingerprint density at radius 1 is 1.36 bits per heavy atom. The van der Waals surface area contributed by atoms with Gasteiger partial charge in [-0.05, 0) is 38.0 Å². The topological polar surface area (TPSA) is 84.5 Å². The molecule has 0 radical (unpaired) electrons. The number of hydrogen-bond acceptors (Lipinski definition) is 4. The van der Waals surface area contributed by atoms with Gasteiger partial charge >= 0.3 is 0 Å². The Morgan fingerprint density at radius 3 is 2.64 bits per heavy atom. The Kier molecular flexibility index (Phi) is 6.99. The maximum absolute atomic E-state index is 12.3. The molecule has 0 heterocycles. The molecule has 2 N–H and O–H groups in total. The van der Waals surface area contributed by atoms with E-state index in [4.69, 9.17) is 4.74 Å². The van der Waals surface area contributed by atoms with E-state index < -0.39 is 10.0 Å². The molecule has 1 aromatic rings. The molecule has 0 saturated carbocycles. The predicted octanol–water partition coefficient (Wildman–Crippen LogP) is 1.45. The number of ether oxygens (including phenoxy) is 1. The fourth-order valence-corrected chi connectivity index (χ4v) is 3.14. The van der Waals surface area contributed by atoms with Gasteiger partial charge < -0.3 is 10.1 Å². The lowest BCUT2D eigenvalue weighted by atomic mass is 10.1. The minimum absolute atomic E-state index is 0.0929. The maximum atomic E-state index is 12.3. The summed E-state index contributed by atoms with van der Waals surface area (Å²) in [5.41, 5.74) is 1.07. The second-order valence-corrected chi connectivity index (χ2v) is 6.87. The molecule has 0 saturated heterocycles. The Labute approximate surface area is 132 Å². The highest BCUT2D eigenvalue weighted by Crippen LogP contribution is 2.16. The SMILES string of the molecule is CC[C@H](C)NS(=O)(=O)c1ccc(C)c(C(=O)NCCOC)c1. The standard InChI is InChI=1S/C15H24N2O4S/c1-5-12(3)17-22(19,20)13-7-6-11(2)14(10-13)15(18)16-8-9-21-4/h6-7,10,12,17H,5,8-9H2,1-4H3,(H,16,18)/t12-/m0/s1. The second-order valence-electron chi connectivity index (χ2n) is 5.16. The first-order valence-corrected chi connectivity index (χ1v) is 8.70. The minimum Gasteiger partial charge on any atom is -0.383 e. The van der Waals surface area contributed by atoms with Crippen LogP contribution >= 0.6 is 0 Å². The molecule has 1 rings (SSSR count). The summed E-state index contributed by atoms with van der Waals surface area (Å²) in [4.78, 5) is 12.2. The minimum atomic E-state index is -3.62. The smallest absolute Gasteiger partial charge is 0.251 e. The number of carbonyl (C=O) groups is 1. The molecule has 0 spiro atoms. The van der Waals surface area contributed by atoms with Crippen LogP contribution in [0.15, 0.2) is 23.1 Å². The Bertz CT molecular complexity index is 614. The first kappa shape index (κ1) is 18.6. The zero-order valence-corrected chi connectivity index (χ0v) is 14.3. The third kappa shape index (κ3) is 5.08. The van der Waals surface area contributed by atoms with E-state index in [9.17, 15) is 13.2 Å². The Morgan fingerprint density at radius 2 is 2.05 bits per heavy atom. The summed E-state index contributed by atoms with van der Waals surface area (Å²) in [6.07, 6.45) is 0.690. The molecule has 0 bridgehead atoms. The number of aryl methyl sites for hydroxylation is 1. The molecule has 0 aromatic heterocycles. The number of benzene rings is 1. The van der Waals surface area contributed by atoms with Gasteiger partial charge in [0.1, 0.15) is 0 Å². The van der Waals surface area contributed by atoms with Crippen molar-refractivity contribution in [3.05, 3.63) is 29.3 Å². The number of hydrogen-bond donors (Lipinski definition) is 2. The highest BCUT2D eigenvalue weighted by atomic mass is 32.2. The average Bonchev–Trinajstić information content (AvgIpc) is 2.47. The van der Waals surface area contributed by atoms with Gasteiger partial charge in [0.15, 0.2) is 0 Å². The zero-order chi connectivity index (χ0) is 16.8. The monoisotopic (exact) mass is 328 g/mol. The van der Waals surface area contributed by atoms with E-state index in [-0.39, 0.29) is 16.8 Å². The van der Waals surface area contributed by atoms with E-state index in [0.717, 1.165) is 5.56 Å². The predicted molar refractivity (Wildman–Crippen MR) is 85.5 cm³/mol. The van der Waals surface area contributed by atoms with Crippen LogP contribution in [0.3, 0.4) is 0 Å². The number of nitrogens with one attached hydrogen (secondary N) is 2. The molecule has 0 aliphatic rings. The lowest BCUT2D eigenvalue weighted by Gasteiger charge is -2.14. The highest BCUT2D eigenvalue weighted by Gasteiger charge is 2.19. The molecule has 0 fully saturated rings. The van der Waals surface area contributed by atoms with Crippen molar-refractivity contribution in [2.24, 2.45) is 0 Å². The molecule has 1 atom stereocenters. The van der Waals surface area contributed by atoms with Crippen molar-refractivity contribution in [3.8, 4) is 0 Å².